The molecule has 0 radical (unpaired) electrons. The second kappa shape index (κ2) is 11.1. The van der Waals surface area contributed by atoms with Gasteiger partial charge in [-0.1, -0.05) is 0 Å². The standard InChI is InChI=1S/C24H34N6O4/c31-24-25-8-3-12-32-16-20-21(33-13-11-30-9-1-2-10-30)6-7-22(26-20)27-23-15-19(28-29-23)17-4-5-18(14-17)34-24/h6-7,15,17-18H,1-5,8-14,16H2,(H,25,31)(H2,26,27,28,29)/t17-,18+/m0/s1. The number of aromatic amines is 1. The first kappa shape index (κ1) is 22.9. The average molecular weight is 471 g/mol. The molecule has 4 heterocycles. The van der Waals surface area contributed by atoms with Crippen molar-refractivity contribution in [2.75, 3.05) is 44.7 Å². The molecule has 184 valence electrons. The molecule has 1 aliphatic carbocycles. The Kier molecular flexibility index (Phi) is 7.45. The van der Waals surface area contributed by atoms with Gasteiger partial charge in [0, 0.05) is 37.4 Å². The average Bonchev–Trinajstić information content (AvgIpc) is 3.59. The number of amides is 1. The van der Waals surface area contributed by atoms with Crippen LogP contribution in [0.1, 0.15) is 55.8 Å². The minimum atomic E-state index is -0.359. The number of alkyl carbamates (subject to hydrolysis) is 1. The Balaban J connectivity index is 1.29. The molecule has 2 aliphatic heterocycles. The first-order valence-corrected chi connectivity index (χ1v) is 12.4. The van der Waals surface area contributed by atoms with Crippen LogP contribution in [0.25, 0.3) is 0 Å². The Hall–Kier alpha value is -2.85. The zero-order chi connectivity index (χ0) is 23.2. The summed E-state index contributed by atoms with van der Waals surface area (Å²) in [5.74, 6) is 2.44. The third-order valence-electron chi connectivity index (χ3n) is 6.72. The molecule has 2 fully saturated rings. The van der Waals surface area contributed by atoms with Crippen LogP contribution in [0.2, 0.25) is 0 Å². The Bertz CT molecular complexity index is 961. The summed E-state index contributed by atoms with van der Waals surface area (Å²) >= 11 is 0. The van der Waals surface area contributed by atoms with E-state index in [1.807, 2.05) is 18.2 Å². The fourth-order valence-electron chi connectivity index (χ4n) is 4.88. The summed E-state index contributed by atoms with van der Waals surface area (Å²) in [4.78, 5) is 19.3. The van der Waals surface area contributed by atoms with E-state index in [0.717, 1.165) is 56.0 Å². The van der Waals surface area contributed by atoms with Crippen LogP contribution < -0.4 is 15.4 Å². The van der Waals surface area contributed by atoms with Crippen LogP contribution in [0, 0.1) is 0 Å². The van der Waals surface area contributed by atoms with Crippen molar-refractivity contribution in [3.8, 4) is 5.75 Å². The number of likely N-dealkylation sites (tertiary alicyclic amines) is 1. The van der Waals surface area contributed by atoms with E-state index in [0.29, 0.717) is 50.3 Å². The number of nitrogens with one attached hydrogen (secondary N) is 3. The molecule has 10 heteroatoms. The normalized spacial score (nSPS) is 23.9. The molecule has 1 amide bonds. The smallest absolute Gasteiger partial charge is 0.407 e. The van der Waals surface area contributed by atoms with Crippen LogP contribution in [0.3, 0.4) is 0 Å². The summed E-state index contributed by atoms with van der Waals surface area (Å²) in [6.07, 6.45) is 5.41. The lowest BCUT2D eigenvalue weighted by Gasteiger charge is -2.17. The lowest BCUT2D eigenvalue weighted by molar-refractivity contribution is 0.0951. The van der Waals surface area contributed by atoms with Gasteiger partial charge in [-0.25, -0.2) is 9.78 Å². The van der Waals surface area contributed by atoms with Gasteiger partial charge in [-0.2, -0.15) is 5.10 Å². The van der Waals surface area contributed by atoms with Crippen molar-refractivity contribution in [1.29, 1.82) is 0 Å². The number of ether oxygens (including phenoxy) is 3. The van der Waals surface area contributed by atoms with Gasteiger partial charge < -0.3 is 24.8 Å². The van der Waals surface area contributed by atoms with Gasteiger partial charge in [0.2, 0.25) is 0 Å². The van der Waals surface area contributed by atoms with Gasteiger partial charge >= 0.3 is 6.09 Å². The van der Waals surface area contributed by atoms with Crippen molar-refractivity contribution >= 4 is 17.7 Å². The highest BCUT2D eigenvalue weighted by molar-refractivity contribution is 5.67. The molecule has 10 nitrogen and oxygen atoms in total. The molecule has 2 aromatic rings. The second-order valence-electron chi connectivity index (χ2n) is 9.24. The highest BCUT2D eigenvalue weighted by Crippen LogP contribution is 2.36. The maximum absolute atomic E-state index is 12.1. The highest BCUT2D eigenvalue weighted by atomic mass is 16.6. The lowest BCUT2D eigenvalue weighted by Crippen LogP contribution is -2.29. The van der Waals surface area contributed by atoms with E-state index < -0.39 is 0 Å². The number of hydrogen-bond donors (Lipinski definition) is 3. The van der Waals surface area contributed by atoms with Crippen LogP contribution in [0.15, 0.2) is 18.2 Å². The SMILES string of the molecule is O=C1NCCCOCc2nc(ccc2OCCN2CCCC2)Nc2cc([nH]n2)[C@H]2CC[C@H](C2)O1. The number of carbonyl (C=O) groups is 1. The number of carbonyl (C=O) groups excluding carboxylic acids is 1. The van der Waals surface area contributed by atoms with Gasteiger partial charge in [0.15, 0.2) is 5.82 Å². The van der Waals surface area contributed by atoms with Crippen molar-refractivity contribution in [2.24, 2.45) is 0 Å². The largest absolute Gasteiger partial charge is 0.490 e. The maximum atomic E-state index is 12.1. The summed E-state index contributed by atoms with van der Waals surface area (Å²) in [7, 11) is 0. The molecule has 34 heavy (non-hydrogen) atoms. The number of fused-ring (bicyclic) bond motifs is 7. The summed E-state index contributed by atoms with van der Waals surface area (Å²) in [6, 6.07) is 5.87. The monoisotopic (exact) mass is 470 g/mol. The predicted molar refractivity (Wildman–Crippen MR) is 126 cm³/mol. The quantitative estimate of drug-likeness (QED) is 0.624. The maximum Gasteiger partial charge on any atom is 0.407 e. The van der Waals surface area contributed by atoms with E-state index in [1.165, 1.54) is 12.8 Å². The van der Waals surface area contributed by atoms with E-state index in [-0.39, 0.29) is 12.2 Å². The number of anilines is 2. The number of hydrogen-bond acceptors (Lipinski definition) is 8. The molecule has 1 saturated heterocycles. The molecular weight excluding hydrogens is 436 g/mol. The van der Waals surface area contributed by atoms with Crippen LogP contribution in [0.4, 0.5) is 16.4 Å². The summed E-state index contributed by atoms with van der Waals surface area (Å²) in [5, 5.41) is 13.7. The minimum Gasteiger partial charge on any atom is -0.490 e. The van der Waals surface area contributed by atoms with Crippen molar-refractivity contribution in [1.82, 2.24) is 25.4 Å². The number of pyridine rings is 1. The van der Waals surface area contributed by atoms with Crippen LogP contribution in [-0.2, 0) is 16.1 Å². The third kappa shape index (κ3) is 5.98. The number of aromatic nitrogens is 3. The Morgan fingerprint density at radius 2 is 2.06 bits per heavy atom. The summed E-state index contributed by atoms with van der Waals surface area (Å²) < 4.78 is 17.5. The van der Waals surface area contributed by atoms with Gasteiger partial charge in [0.1, 0.15) is 30.0 Å². The zero-order valence-electron chi connectivity index (χ0n) is 19.6. The highest BCUT2D eigenvalue weighted by Gasteiger charge is 2.30. The second-order valence-corrected chi connectivity index (χ2v) is 9.24. The third-order valence-corrected chi connectivity index (χ3v) is 6.72. The topological polar surface area (TPSA) is 114 Å². The summed E-state index contributed by atoms with van der Waals surface area (Å²) in [5.41, 5.74) is 1.79. The molecule has 2 atom stereocenters. The molecule has 5 rings (SSSR count). The molecule has 6 bridgehead atoms. The van der Waals surface area contributed by atoms with Crippen LogP contribution in [-0.4, -0.2) is 71.7 Å². The summed E-state index contributed by atoms with van der Waals surface area (Å²) in [6.45, 7) is 5.17. The molecule has 1 saturated carbocycles. The lowest BCUT2D eigenvalue weighted by atomic mass is 10.0. The number of rotatable bonds is 4. The number of nitrogens with zero attached hydrogens (tertiary/aromatic N) is 3. The number of H-pyrrole nitrogens is 1. The molecule has 3 N–H and O–H groups in total. The van der Waals surface area contributed by atoms with Crippen LogP contribution in [0.5, 0.6) is 5.75 Å². The zero-order valence-corrected chi connectivity index (χ0v) is 19.6. The van der Waals surface area contributed by atoms with Crippen molar-refractivity contribution < 1.29 is 19.0 Å². The first-order chi connectivity index (χ1) is 16.7. The molecule has 0 spiro atoms. The molecule has 2 aromatic heterocycles. The van der Waals surface area contributed by atoms with Crippen molar-refractivity contribution in [2.45, 2.75) is 57.2 Å². The Morgan fingerprint density at radius 3 is 2.97 bits per heavy atom. The van der Waals surface area contributed by atoms with Gasteiger partial charge in [-0.05, 0) is 63.7 Å². The fraction of sp³-hybridized carbons (Fsp3) is 0.625. The van der Waals surface area contributed by atoms with Gasteiger partial charge in [0.25, 0.3) is 0 Å². The fourth-order valence-corrected chi connectivity index (χ4v) is 4.88. The van der Waals surface area contributed by atoms with E-state index >= 15 is 0 Å². The Labute approximate surface area is 199 Å². The first-order valence-electron chi connectivity index (χ1n) is 12.4. The van der Waals surface area contributed by atoms with E-state index in [4.69, 9.17) is 19.2 Å². The van der Waals surface area contributed by atoms with Crippen LogP contribution >= 0.6 is 0 Å². The van der Waals surface area contributed by atoms with Crippen molar-refractivity contribution in [3.63, 3.8) is 0 Å². The molecule has 0 unspecified atom stereocenters. The molecular formula is C24H34N6O4. The minimum absolute atomic E-state index is 0.0675. The van der Waals surface area contributed by atoms with E-state index in [9.17, 15) is 4.79 Å². The molecule has 3 aliphatic rings. The van der Waals surface area contributed by atoms with E-state index in [1.54, 1.807) is 0 Å². The molecule has 0 aromatic carbocycles. The van der Waals surface area contributed by atoms with Gasteiger partial charge in [-0.15, -0.1) is 0 Å². The predicted octanol–water partition coefficient (Wildman–Crippen LogP) is 3.31. The Morgan fingerprint density at radius 1 is 1.15 bits per heavy atom. The van der Waals surface area contributed by atoms with Crippen molar-refractivity contribution in [3.05, 3.63) is 29.6 Å². The van der Waals surface area contributed by atoms with E-state index in [2.05, 4.69) is 25.7 Å². The van der Waals surface area contributed by atoms with Gasteiger partial charge in [-0.3, -0.25) is 10.00 Å². The van der Waals surface area contributed by atoms with Gasteiger partial charge in [0.05, 0.1) is 6.61 Å².